The maximum atomic E-state index is 11.6. The quantitative estimate of drug-likeness (QED) is 0.833. The molecule has 6 heteroatoms. The number of aryl methyl sites for hydroxylation is 1. The van der Waals surface area contributed by atoms with Crippen LogP contribution in [0.1, 0.15) is 12.6 Å². The second kappa shape index (κ2) is 3.86. The van der Waals surface area contributed by atoms with Gasteiger partial charge in [-0.05, 0) is 12.5 Å². The van der Waals surface area contributed by atoms with E-state index in [4.69, 9.17) is 11.6 Å². The summed E-state index contributed by atoms with van der Waals surface area (Å²) in [5.41, 5.74) is 0.674. The molecule has 15 heavy (non-hydrogen) atoms. The lowest BCUT2D eigenvalue weighted by Gasteiger charge is -2.02. The lowest BCUT2D eigenvalue weighted by Crippen LogP contribution is -2.16. The minimum absolute atomic E-state index is 0.217. The average molecular weight is 225 g/mol. The highest BCUT2D eigenvalue weighted by molar-refractivity contribution is 6.29. The average Bonchev–Trinajstić information content (AvgIpc) is 2.65. The molecule has 0 aliphatic rings. The standard InChI is InChI=1S/C9H9ClN4O/c1-2-6-3-4-11-14(6)9-7(15)5-8(10)12-13-9/h3-5H,2H2,1H3,(H,12,15). The van der Waals surface area contributed by atoms with Crippen molar-refractivity contribution in [3.05, 3.63) is 39.4 Å². The van der Waals surface area contributed by atoms with E-state index < -0.39 is 0 Å². The zero-order chi connectivity index (χ0) is 10.8. The predicted molar refractivity (Wildman–Crippen MR) is 56.4 cm³/mol. The zero-order valence-corrected chi connectivity index (χ0v) is 8.82. The van der Waals surface area contributed by atoms with Crippen LogP contribution in [-0.2, 0) is 6.42 Å². The third-order valence-electron chi connectivity index (χ3n) is 2.03. The van der Waals surface area contributed by atoms with Crippen LogP contribution in [0.15, 0.2) is 23.1 Å². The molecular formula is C9H9ClN4O. The molecule has 5 nitrogen and oxygen atoms in total. The Morgan fingerprint density at radius 2 is 2.40 bits per heavy atom. The molecule has 0 bridgehead atoms. The van der Waals surface area contributed by atoms with Crippen molar-refractivity contribution in [1.82, 2.24) is 20.0 Å². The number of H-pyrrole nitrogens is 1. The summed E-state index contributed by atoms with van der Waals surface area (Å²) in [6, 6.07) is 3.13. The highest BCUT2D eigenvalue weighted by atomic mass is 35.5. The van der Waals surface area contributed by atoms with E-state index in [1.165, 1.54) is 10.7 Å². The van der Waals surface area contributed by atoms with Crippen LogP contribution in [0, 0.1) is 0 Å². The molecule has 0 saturated heterocycles. The number of hydrogen-bond acceptors (Lipinski definition) is 3. The van der Waals surface area contributed by atoms with Gasteiger partial charge < -0.3 is 0 Å². The number of aromatic nitrogens is 4. The van der Waals surface area contributed by atoms with Gasteiger partial charge in [-0.15, -0.1) is 0 Å². The van der Waals surface area contributed by atoms with Crippen LogP contribution in [0.5, 0.6) is 0 Å². The lowest BCUT2D eigenvalue weighted by atomic mass is 10.3. The summed E-state index contributed by atoms with van der Waals surface area (Å²) >= 11 is 5.60. The van der Waals surface area contributed by atoms with Gasteiger partial charge >= 0.3 is 0 Å². The number of rotatable bonds is 2. The highest BCUT2D eigenvalue weighted by Gasteiger charge is 2.08. The van der Waals surface area contributed by atoms with Crippen molar-refractivity contribution in [1.29, 1.82) is 0 Å². The SMILES string of the molecule is CCc1ccnn1-c1n[nH]c(Cl)cc1=O. The minimum atomic E-state index is -0.253. The molecule has 0 unspecified atom stereocenters. The fourth-order valence-corrected chi connectivity index (χ4v) is 1.46. The van der Waals surface area contributed by atoms with Crippen LogP contribution in [0.4, 0.5) is 0 Å². The van der Waals surface area contributed by atoms with Crippen LogP contribution in [0.3, 0.4) is 0 Å². The van der Waals surface area contributed by atoms with E-state index in [0.29, 0.717) is 0 Å². The Hall–Kier alpha value is -1.62. The summed E-state index contributed by atoms with van der Waals surface area (Å²) in [5.74, 6) is 0.237. The van der Waals surface area contributed by atoms with E-state index in [9.17, 15) is 4.79 Å². The number of halogens is 1. The van der Waals surface area contributed by atoms with Crippen molar-refractivity contribution in [3.63, 3.8) is 0 Å². The van der Waals surface area contributed by atoms with Gasteiger partial charge in [0.15, 0.2) is 0 Å². The first-order valence-corrected chi connectivity index (χ1v) is 4.88. The zero-order valence-electron chi connectivity index (χ0n) is 8.07. The predicted octanol–water partition coefficient (Wildman–Crippen LogP) is 1.17. The Morgan fingerprint density at radius 3 is 3.07 bits per heavy atom. The van der Waals surface area contributed by atoms with Crippen molar-refractivity contribution in [2.45, 2.75) is 13.3 Å². The van der Waals surface area contributed by atoms with Crippen molar-refractivity contribution in [2.24, 2.45) is 0 Å². The van der Waals surface area contributed by atoms with Gasteiger partial charge in [0, 0.05) is 18.0 Å². The smallest absolute Gasteiger partial charge is 0.227 e. The van der Waals surface area contributed by atoms with E-state index in [1.807, 2.05) is 13.0 Å². The number of aromatic amines is 1. The van der Waals surface area contributed by atoms with Gasteiger partial charge in [0.1, 0.15) is 5.15 Å². The van der Waals surface area contributed by atoms with E-state index in [1.54, 1.807) is 6.20 Å². The van der Waals surface area contributed by atoms with Crippen LogP contribution < -0.4 is 5.43 Å². The monoisotopic (exact) mass is 224 g/mol. The molecule has 0 spiro atoms. The second-order valence-electron chi connectivity index (χ2n) is 2.99. The Labute approximate surface area is 90.7 Å². The molecule has 0 aliphatic carbocycles. The van der Waals surface area contributed by atoms with Crippen molar-refractivity contribution < 1.29 is 0 Å². The first-order chi connectivity index (χ1) is 7.22. The highest BCUT2D eigenvalue weighted by Crippen LogP contribution is 2.05. The molecular weight excluding hydrogens is 216 g/mol. The van der Waals surface area contributed by atoms with Gasteiger partial charge in [-0.3, -0.25) is 9.89 Å². The van der Waals surface area contributed by atoms with Gasteiger partial charge in [-0.25, -0.2) is 4.68 Å². The second-order valence-corrected chi connectivity index (χ2v) is 3.40. The van der Waals surface area contributed by atoms with Crippen LogP contribution >= 0.6 is 11.6 Å². The van der Waals surface area contributed by atoms with E-state index >= 15 is 0 Å². The van der Waals surface area contributed by atoms with Gasteiger partial charge in [0.2, 0.25) is 11.2 Å². The molecule has 2 rings (SSSR count). The summed E-state index contributed by atoms with van der Waals surface area (Å²) in [6.07, 6.45) is 2.41. The third kappa shape index (κ3) is 1.78. The fraction of sp³-hybridized carbons (Fsp3) is 0.222. The van der Waals surface area contributed by atoms with Crippen LogP contribution in [-0.4, -0.2) is 20.0 Å². The summed E-state index contributed by atoms with van der Waals surface area (Å²) in [5, 5.41) is 10.7. The Morgan fingerprint density at radius 1 is 1.60 bits per heavy atom. The Bertz CT molecular complexity index is 531. The van der Waals surface area contributed by atoms with Crippen molar-refractivity contribution in [3.8, 4) is 5.82 Å². The van der Waals surface area contributed by atoms with Crippen molar-refractivity contribution >= 4 is 11.6 Å². The first kappa shape index (κ1) is 9.92. The molecule has 2 heterocycles. The Balaban J connectivity index is 2.59. The summed E-state index contributed by atoms with van der Waals surface area (Å²) in [6.45, 7) is 1.98. The molecule has 0 aliphatic heterocycles. The first-order valence-electron chi connectivity index (χ1n) is 4.51. The maximum absolute atomic E-state index is 11.6. The number of nitrogens with one attached hydrogen (secondary N) is 1. The molecule has 78 valence electrons. The molecule has 0 atom stereocenters. The summed E-state index contributed by atoms with van der Waals surface area (Å²) in [4.78, 5) is 11.6. The van der Waals surface area contributed by atoms with Gasteiger partial charge in [-0.2, -0.15) is 10.2 Å². The number of nitrogens with zero attached hydrogens (tertiary/aromatic N) is 3. The molecule has 0 radical (unpaired) electrons. The normalized spacial score (nSPS) is 10.5. The molecule has 0 fully saturated rings. The van der Waals surface area contributed by atoms with Gasteiger partial charge in [0.25, 0.3) is 0 Å². The maximum Gasteiger partial charge on any atom is 0.227 e. The molecule has 1 N–H and O–H groups in total. The molecule has 0 aromatic carbocycles. The van der Waals surface area contributed by atoms with E-state index in [2.05, 4.69) is 15.3 Å². The van der Waals surface area contributed by atoms with Gasteiger partial charge in [0.05, 0.1) is 0 Å². The topological polar surface area (TPSA) is 63.6 Å². The summed E-state index contributed by atoms with van der Waals surface area (Å²) in [7, 11) is 0. The number of hydrogen-bond donors (Lipinski definition) is 1. The molecule has 0 amide bonds. The van der Waals surface area contributed by atoms with E-state index in [-0.39, 0.29) is 16.4 Å². The third-order valence-corrected chi connectivity index (χ3v) is 2.22. The molecule has 2 aromatic rings. The lowest BCUT2D eigenvalue weighted by molar-refractivity contribution is 0.761. The molecule has 2 aromatic heterocycles. The Kier molecular flexibility index (Phi) is 2.55. The summed E-state index contributed by atoms with van der Waals surface area (Å²) < 4.78 is 1.51. The largest absolute Gasteiger partial charge is 0.286 e. The fourth-order valence-electron chi connectivity index (χ4n) is 1.31. The van der Waals surface area contributed by atoms with Crippen LogP contribution in [0.2, 0.25) is 5.15 Å². The van der Waals surface area contributed by atoms with Crippen LogP contribution in [0.25, 0.3) is 5.82 Å². The van der Waals surface area contributed by atoms with E-state index in [0.717, 1.165) is 12.1 Å². The van der Waals surface area contributed by atoms with Crippen molar-refractivity contribution in [2.75, 3.05) is 0 Å². The van der Waals surface area contributed by atoms with Gasteiger partial charge in [-0.1, -0.05) is 18.5 Å². The molecule has 0 saturated carbocycles. The minimum Gasteiger partial charge on any atom is -0.286 e.